The molecule has 0 heterocycles. The molecule has 0 bridgehead atoms. The maximum atomic E-state index is 12.2. The monoisotopic (exact) mass is 264 g/mol. The largest absolute Gasteiger partial charge is 0.478 e. The Morgan fingerprint density at radius 1 is 1.11 bits per heavy atom. The molecule has 0 atom stereocenters. The molecule has 0 fully saturated rings. The van der Waals surface area contributed by atoms with E-state index in [-0.39, 0.29) is 16.7 Å². The highest BCUT2D eigenvalue weighted by Gasteiger charge is 2.27. The topological polar surface area (TPSA) is 60.4 Å². The fraction of sp³-hybridized carbons (Fsp3) is 0.533. The van der Waals surface area contributed by atoms with Gasteiger partial charge in [0, 0.05) is 0 Å². The van der Waals surface area contributed by atoms with Crippen molar-refractivity contribution in [3.63, 3.8) is 0 Å². The van der Waals surface area contributed by atoms with Crippen molar-refractivity contribution in [2.75, 3.05) is 5.06 Å². The smallest absolute Gasteiger partial charge is 0.337 e. The summed E-state index contributed by atoms with van der Waals surface area (Å²) >= 11 is 0. The number of hydroxylamine groups is 1. The number of carboxylic acid groups (broad SMARTS) is 1. The molecular weight excluding hydrogens is 242 g/mol. The van der Waals surface area contributed by atoms with Crippen molar-refractivity contribution in [1.29, 1.82) is 0 Å². The van der Waals surface area contributed by atoms with Gasteiger partial charge in [-0.05, 0) is 43.9 Å². The Hall–Kier alpha value is -1.55. The lowest BCUT2D eigenvalue weighted by molar-refractivity contribution is 0.0684. The van der Waals surface area contributed by atoms with Crippen molar-refractivity contribution in [3.05, 3.63) is 29.3 Å². The van der Waals surface area contributed by atoms with Crippen molar-refractivity contribution in [2.24, 2.45) is 0 Å². The van der Waals surface area contributed by atoms with Crippen molar-refractivity contribution >= 4 is 11.7 Å². The normalized spacial score (nSPS) is 12.4. The Bertz CT molecular complexity index is 481. The number of carbonyl (C=O) groups is 1. The third-order valence-corrected chi connectivity index (χ3v) is 2.92. The zero-order valence-electron chi connectivity index (χ0n) is 12.4. The minimum atomic E-state index is -1.08. The van der Waals surface area contributed by atoms with Gasteiger partial charge in [0.25, 0.3) is 0 Å². The molecule has 4 heteroatoms. The van der Waals surface area contributed by atoms with Crippen LogP contribution >= 0.6 is 0 Å². The van der Waals surface area contributed by atoms with Crippen LogP contribution in [-0.4, -0.2) is 16.6 Å². The van der Waals surface area contributed by atoms with Crippen LogP contribution in [0.1, 0.15) is 57.5 Å². The Kier molecular flexibility index (Phi) is 3.96. The summed E-state index contributed by atoms with van der Waals surface area (Å²) in [6, 6.07) is 5.01. The van der Waals surface area contributed by atoms with E-state index in [1.54, 1.807) is 32.9 Å². The lowest BCUT2D eigenvalue weighted by Gasteiger charge is -2.30. The molecule has 1 N–H and O–H groups in total. The van der Waals surface area contributed by atoms with Crippen molar-refractivity contribution in [2.45, 2.75) is 52.5 Å². The third-order valence-electron chi connectivity index (χ3n) is 2.92. The second kappa shape index (κ2) is 4.85. The van der Waals surface area contributed by atoms with E-state index in [0.717, 1.165) is 10.6 Å². The van der Waals surface area contributed by atoms with Crippen LogP contribution in [0, 0.1) is 0 Å². The number of anilines is 1. The van der Waals surface area contributed by atoms with Crippen LogP contribution in [0.2, 0.25) is 0 Å². The highest BCUT2D eigenvalue weighted by Crippen LogP contribution is 2.31. The van der Waals surface area contributed by atoms with E-state index in [1.165, 1.54) is 0 Å². The second-order valence-electron chi connectivity index (χ2n) is 6.75. The molecule has 0 amide bonds. The highest BCUT2D eigenvalue weighted by atomic mass is 16.5. The molecule has 0 saturated carbocycles. The standard InChI is InChI=1S/C15H22NO3/c1-14(2,3)10-7-8-12(11(9-10)13(17)18)16(19)15(4,5)6/h7-9H,1-6H3,(H,17,18). The molecule has 4 nitrogen and oxygen atoms in total. The molecule has 0 aliphatic heterocycles. The fourth-order valence-electron chi connectivity index (χ4n) is 1.71. The minimum Gasteiger partial charge on any atom is -0.478 e. The second-order valence-corrected chi connectivity index (χ2v) is 6.75. The number of hydrogen-bond donors (Lipinski definition) is 1. The van der Waals surface area contributed by atoms with Gasteiger partial charge < -0.3 is 5.11 Å². The first-order chi connectivity index (χ1) is 8.44. The van der Waals surface area contributed by atoms with E-state index in [0.29, 0.717) is 0 Å². The molecule has 0 spiro atoms. The molecule has 1 radical (unpaired) electrons. The Balaban J connectivity index is 3.39. The van der Waals surface area contributed by atoms with Gasteiger partial charge in [0.05, 0.1) is 16.8 Å². The maximum Gasteiger partial charge on any atom is 0.337 e. The summed E-state index contributed by atoms with van der Waals surface area (Å²) in [6.45, 7) is 11.3. The number of nitrogens with zero attached hydrogens (tertiary/aromatic N) is 1. The molecule has 1 rings (SSSR count). The summed E-state index contributed by atoms with van der Waals surface area (Å²) in [7, 11) is 0. The minimum absolute atomic E-state index is 0.0531. The summed E-state index contributed by atoms with van der Waals surface area (Å²) < 4.78 is 0. The quantitative estimate of drug-likeness (QED) is 0.830. The zero-order valence-corrected chi connectivity index (χ0v) is 12.4. The van der Waals surface area contributed by atoms with Gasteiger partial charge in [0.15, 0.2) is 0 Å². The Morgan fingerprint density at radius 3 is 2.00 bits per heavy atom. The molecule has 19 heavy (non-hydrogen) atoms. The van der Waals surface area contributed by atoms with E-state index in [9.17, 15) is 15.1 Å². The molecule has 0 aliphatic rings. The zero-order chi connectivity index (χ0) is 15.0. The molecule has 0 unspecified atom stereocenters. The van der Waals surface area contributed by atoms with E-state index in [1.807, 2.05) is 26.8 Å². The van der Waals surface area contributed by atoms with Crippen LogP contribution in [0.25, 0.3) is 0 Å². The SMILES string of the molecule is CC(C)(C)c1ccc(N([O])C(C)(C)C)c(C(=O)O)c1. The molecule has 0 aromatic heterocycles. The summed E-state index contributed by atoms with van der Waals surface area (Å²) in [4.78, 5) is 11.4. The van der Waals surface area contributed by atoms with Crippen LogP contribution in [0.5, 0.6) is 0 Å². The third kappa shape index (κ3) is 3.47. The number of benzene rings is 1. The predicted octanol–water partition coefficient (Wildman–Crippen LogP) is 3.63. The van der Waals surface area contributed by atoms with Crippen molar-refractivity contribution < 1.29 is 15.1 Å². The van der Waals surface area contributed by atoms with Crippen LogP contribution in [0.15, 0.2) is 18.2 Å². The molecule has 1 aromatic carbocycles. The van der Waals surface area contributed by atoms with Crippen molar-refractivity contribution in [3.8, 4) is 0 Å². The van der Waals surface area contributed by atoms with Gasteiger partial charge in [0.2, 0.25) is 0 Å². The fourth-order valence-corrected chi connectivity index (χ4v) is 1.71. The number of rotatable bonds is 2. The van der Waals surface area contributed by atoms with Crippen LogP contribution in [-0.2, 0) is 10.6 Å². The Morgan fingerprint density at radius 2 is 1.63 bits per heavy atom. The summed E-state index contributed by atoms with van der Waals surface area (Å²) in [5, 5.41) is 22.3. The van der Waals surface area contributed by atoms with Gasteiger partial charge in [-0.1, -0.05) is 32.0 Å². The van der Waals surface area contributed by atoms with E-state index >= 15 is 0 Å². The van der Waals surface area contributed by atoms with Crippen LogP contribution in [0.3, 0.4) is 0 Å². The van der Waals surface area contributed by atoms with Gasteiger partial charge in [-0.2, -0.15) is 0 Å². The van der Waals surface area contributed by atoms with Crippen LogP contribution in [0.4, 0.5) is 5.69 Å². The summed E-state index contributed by atoms with van der Waals surface area (Å²) in [6.07, 6.45) is 0. The van der Waals surface area contributed by atoms with E-state index in [2.05, 4.69) is 0 Å². The molecule has 1 aromatic rings. The summed E-state index contributed by atoms with van der Waals surface area (Å²) in [5.74, 6) is -1.08. The van der Waals surface area contributed by atoms with Gasteiger partial charge in [-0.3, -0.25) is 0 Å². The lowest BCUT2D eigenvalue weighted by Crippen LogP contribution is -2.38. The average Bonchev–Trinajstić information content (AvgIpc) is 2.24. The molecule has 0 saturated heterocycles. The molecule has 0 aliphatic carbocycles. The highest BCUT2D eigenvalue weighted by molar-refractivity contribution is 5.94. The number of carboxylic acids is 1. The van der Waals surface area contributed by atoms with Gasteiger partial charge in [0.1, 0.15) is 0 Å². The molecular formula is C15H22NO3. The Labute approximate surface area is 114 Å². The first-order valence-corrected chi connectivity index (χ1v) is 6.30. The summed E-state index contributed by atoms with van der Waals surface area (Å²) in [5.41, 5.74) is 0.326. The maximum absolute atomic E-state index is 12.2. The first kappa shape index (κ1) is 15.5. The average molecular weight is 264 g/mol. The van der Waals surface area contributed by atoms with Gasteiger partial charge in [-0.25, -0.2) is 9.86 Å². The predicted molar refractivity (Wildman–Crippen MR) is 75.0 cm³/mol. The van der Waals surface area contributed by atoms with Crippen molar-refractivity contribution in [1.82, 2.24) is 0 Å². The lowest BCUT2D eigenvalue weighted by atomic mass is 9.85. The van der Waals surface area contributed by atoms with Gasteiger partial charge in [-0.15, -0.1) is 0 Å². The van der Waals surface area contributed by atoms with E-state index in [4.69, 9.17) is 0 Å². The molecule has 105 valence electrons. The van der Waals surface area contributed by atoms with Gasteiger partial charge >= 0.3 is 5.97 Å². The number of aromatic carboxylic acids is 1. The number of hydrogen-bond acceptors (Lipinski definition) is 2. The van der Waals surface area contributed by atoms with E-state index < -0.39 is 11.5 Å². The first-order valence-electron chi connectivity index (χ1n) is 6.30. The van der Waals surface area contributed by atoms with Crippen LogP contribution < -0.4 is 5.06 Å².